The van der Waals surface area contributed by atoms with Gasteiger partial charge in [0.15, 0.2) is 0 Å². The van der Waals surface area contributed by atoms with Gasteiger partial charge in [-0.1, -0.05) is 0 Å². The van der Waals surface area contributed by atoms with E-state index < -0.39 is 0 Å². The fourth-order valence-corrected chi connectivity index (χ4v) is 1.92. The molecule has 0 aliphatic carbocycles. The van der Waals surface area contributed by atoms with Crippen molar-refractivity contribution in [1.82, 2.24) is 10.4 Å². The molecule has 2 rings (SSSR count). The van der Waals surface area contributed by atoms with Crippen molar-refractivity contribution in [1.29, 1.82) is 0 Å². The van der Waals surface area contributed by atoms with Crippen LogP contribution < -0.4 is 5.32 Å². The number of nitrogens with one attached hydrogen (secondary N) is 1. The van der Waals surface area contributed by atoms with Crippen molar-refractivity contribution in [2.75, 3.05) is 19.7 Å². The third-order valence-electron chi connectivity index (χ3n) is 2.86. The second-order valence-corrected chi connectivity index (χ2v) is 4.02. The zero-order valence-electron chi connectivity index (χ0n) is 8.70. The Kier molecular flexibility index (Phi) is 3.20. The Hall–Kier alpha value is -1.10. The lowest BCUT2D eigenvalue weighted by atomic mass is 9.98. The fraction of sp³-hybridized carbons (Fsp3) is 0.800. The Morgan fingerprint density at radius 1 is 1.47 bits per heavy atom. The average molecular weight is 212 g/mol. The molecule has 0 radical (unpaired) electrons. The van der Waals surface area contributed by atoms with Gasteiger partial charge >= 0.3 is 0 Å². The van der Waals surface area contributed by atoms with Crippen molar-refractivity contribution in [3.8, 4) is 0 Å². The summed E-state index contributed by atoms with van der Waals surface area (Å²) in [6.45, 7) is 1.77. The molecule has 1 atom stereocenters. The molecule has 0 aromatic rings. The molecule has 15 heavy (non-hydrogen) atoms. The van der Waals surface area contributed by atoms with Gasteiger partial charge in [-0.2, -0.15) is 0 Å². The van der Waals surface area contributed by atoms with E-state index in [9.17, 15) is 9.59 Å². The lowest BCUT2D eigenvalue weighted by Gasteiger charge is -2.30. The molecule has 2 amide bonds. The maximum absolute atomic E-state index is 11.9. The Morgan fingerprint density at radius 2 is 2.33 bits per heavy atom. The smallest absolute Gasteiger partial charge is 0.251 e. The van der Waals surface area contributed by atoms with E-state index in [0.717, 1.165) is 12.8 Å². The van der Waals surface area contributed by atoms with Crippen LogP contribution in [-0.2, 0) is 14.4 Å². The highest BCUT2D eigenvalue weighted by molar-refractivity contribution is 5.83. The number of nitrogens with zero attached hydrogens (tertiary/aromatic N) is 1. The standard InChI is InChI=1S/C10H16N2O3/c13-9-4-3-8(7-11-9)10(14)12-5-1-2-6-15-12/h8H,1-7H2,(H,11,13). The largest absolute Gasteiger partial charge is 0.355 e. The van der Waals surface area contributed by atoms with Crippen molar-refractivity contribution < 1.29 is 14.4 Å². The van der Waals surface area contributed by atoms with E-state index in [0.29, 0.717) is 32.5 Å². The van der Waals surface area contributed by atoms with Crippen LogP contribution in [0.4, 0.5) is 0 Å². The second-order valence-electron chi connectivity index (χ2n) is 4.02. The first-order valence-corrected chi connectivity index (χ1v) is 5.48. The van der Waals surface area contributed by atoms with E-state index in [1.165, 1.54) is 5.06 Å². The molecule has 2 aliphatic rings. The molecular weight excluding hydrogens is 196 g/mol. The molecule has 0 aromatic carbocycles. The summed E-state index contributed by atoms with van der Waals surface area (Å²) >= 11 is 0. The molecule has 1 N–H and O–H groups in total. The van der Waals surface area contributed by atoms with Crippen molar-refractivity contribution in [3.63, 3.8) is 0 Å². The van der Waals surface area contributed by atoms with Gasteiger partial charge in [0, 0.05) is 19.5 Å². The summed E-state index contributed by atoms with van der Waals surface area (Å²) in [5.41, 5.74) is 0. The first-order chi connectivity index (χ1) is 7.27. The van der Waals surface area contributed by atoms with Gasteiger partial charge in [0.1, 0.15) is 0 Å². The van der Waals surface area contributed by atoms with Crippen molar-refractivity contribution >= 4 is 11.8 Å². The summed E-state index contributed by atoms with van der Waals surface area (Å²) < 4.78 is 0. The lowest BCUT2D eigenvalue weighted by molar-refractivity contribution is -0.201. The molecule has 2 heterocycles. The van der Waals surface area contributed by atoms with Gasteiger partial charge in [-0.3, -0.25) is 14.4 Å². The minimum Gasteiger partial charge on any atom is -0.355 e. The van der Waals surface area contributed by atoms with Crippen LogP contribution in [-0.4, -0.2) is 36.6 Å². The molecule has 1 unspecified atom stereocenters. The first-order valence-electron chi connectivity index (χ1n) is 5.48. The minimum atomic E-state index is -0.0965. The van der Waals surface area contributed by atoms with Gasteiger partial charge in [-0.15, -0.1) is 0 Å². The second kappa shape index (κ2) is 4.61. The van der Waals surface area contributed by atoms with E-state index >= 15 is 0 Å². The predicted molar refractivity (Wildman–Crippen MR) is 52.6 cm³/mol. The third kappa shape index (κ3) is 2.47. The SMILES string of the molecule is O=C1CCC(C(=O)N2CCCCO2)CN1. The number of carbonyl (C=O) groups is 2. The first kappa shape index (κ1) is 10.4. The highest BCUT2D eigenvalue weighted by atomic mass is 16.7. The Labute approximate surface area is 88.7 Å². The molecule has 2 fully saturated rings. The van der Waals surface area contributed by atoms with Gasteiger partial charge in [0.25, 0.3) is 5.91 Å². The summed E-state index contributed by atoms with van der Waals surface area (Å²) in [4.78, 5) is 28.1. The molecule has 5 heteroatoms. The highest BCUT2D eigenvalue weighted by Gasteiger charge is 2.29. The molecule has 0 saturated carbocycles. The Bertz CT molecular complexity index is 251. The Balaban J connectivity index is 1.86. The van der Waals surface area contributed by atoms with Crippen molar-refractivity contribution in [2.24, 2.45) is 5.92 Å². The molecule has 0 bridgehead atoms. The van der Waals surface area contributed by atoms with Crippen molar-refractivity contribution in [3.05, 3.63) is 0 Å². The number of amides is 2. The van der Waals surface area contributed by atoms with Crippen molar-refractivity contribution in [2.45, 2.75) is 25.7 Å². The molecule has 5 nitrogen and oxygen atoms in total. The fourth-order valence-electron chi connectivity index (χ4n) is 1.92. The van der Waals surface area contributed by atoms with E-state index in [-0.39, 0.29) is 17.7 Å². The number of piperidine rings is 1. The quantitative estimate of drug-likeness (QED) is 0.669. The van der Waals surface area contributed by atoms with Gasteiger partial charge in [-0.05, 0) is 19.3 Å². The predicted octanol–water partition coefficient (Wildman–Crippen LogP) is 0.0666. The summed E-state index contributed by atoms with van der Waals surface area (Å²) in [5.74, 6) is -0.0332. The minimum absolute atomic E-state index is 0.0229. The maximum Gasteiger partial charge on any atom is 0.251 e. The molecule has 84 valence electrons. The number of hydrogen-bond donors (Lipinski definition) is 1. The molecule has 0 spiro atoms. The van der Waals surface area contributed by atoms with Crippen LogP contribution in [0.25, 0.3) is 0 Å². The van der Waals surface area contributed by atoms with Crippen LogP contribution in [0, 0.1) is 5.92 Å². The van der Waals surface area contributed by atoms with Crippen LogP contribution in [0.15, 0.2) is 0 Å². The van der Waals surface area contributed by atoms with Crippen LogP contribution in [0.2, 0.25) is 0 Å². The van der Waals surface area contributed by atoms with E-state index in [2.05, 4.69) is 5.32 Å². The van der Waals surface area contributed by atoms with E-state index in [1.54, 1.807) is 0 Å². The van der Waals surface area contributed by atoms with Gasteiger partial charge in [0.05, 0.1) is 12.5 Å². The zero-order chi connectivity index (χ0) is 10.7. The zero-order valence-corrected chi connectivity index (χ0v) is 8.70. The van der Waals surface area contributed by atoms with Crippen LogP contribution >= 0.6 is 0 Å². The summed E-state index contributed by atoms with van der Waals surface area (Å²) in [6.07, 6.45) is 3.12. The monoisotopic (exact) mass is 212 g/mol. The summed E-state index contributed by atoms with van der Waals surface area (Å²) in [7, 11) is 0. The number of hydroxylamine groups is 2. The van der Waals surface area contributed by atoms with Gasteiger partial charge in [0.2, 0.25) is 5.91 Å². The number of rotatable bonds is 1. The highest BCUT2D eigenvalue weighted by Crippen LogP contribution is 2.16. The third-order valence-corrected chi connectivity index (χ3v) is 2.86. The van der Waals surface area contributed by atoms with Crippen LogP contribution in [0.5, 0.6) is 0 Å². The topological polar surface area (TPSA) is 58.6 Å². The van der Waals surface area contributed by atoms with Crippen LogP contribution in [0.1, 0.15) is 25.7 Å². The lowest BCUT2D eigenvalue weighted by Crippen LogP contribution is -2.46. The van der Waals surface area contributed by atoms with E-state index in [4.69, 9.17) is 4.84 Å². The molecule has 0 aromatic heterocycles. The maximum atomic E-state index is 11.9. The molecule has 2 saturated heterocycles. The van der Waals surface area contributed by atoms with Gasteiger partial charge in [-0.25, -0.2) is 5.06 Å². The van der Waals surface area contributed by atoms with Crippen LogP contribution in [0.3, 0.4) is 0 Å². The number of hydrogen-bond acceptors (Lipinski definition) is 3. The number of carbonyl (C=O) groups excluding carboxylic acids is 2. The summed E-state index contributed by atoms with van der Waals surface area (Å²) in [5, 5.41) is 4.17. The normalized spacial score (nSPS) is 27.3. The average Bonchev–Trinajstić information content (AvgIpc) is 2.30. The van der Waals surface area contributed by atoms with Gasteiger partial charge < -0.3 is 5.32 Å². The Morgan fingerprint density at radius 3 is 2.93 bits per heavy atom. The molecular formula is C10H16N2O3. The summed E-state index contributed by atoms with van der Waals surface area (Å²) in [6, 6.07) is 0. The van der Waals surface area contributed by atoms with E-state index in [1.807, 2.05) is 0 Å². The molecule has 2 aliphatic heterocycles.